The van der Waals surface area contributed by atoms with Gasteiger partial charge in [-0.3, -0.25) is 15.4 Å². The number of anilines is 3. The smallest absolute Gasteiger partial charge is 0.326 e. The second-order valence-corrected chi connectivity index (χ2v) is 10.00. The summed E-state index contributed by atoms with van der Waals surface area (Å²) in [5, 5.41) is 12.1. The van der Waals surface area contributed by atoms with Gasteiger partial charge in [-0.15, -0.1) is 0 Å². The zero-order chi connectivity index (χ0) is 26.9. The molecule has 0 fully saturated rings. The minimum atomic E-state index is -0.570. The van der Waals surface area contributed by atoms with E-state index < -0.39 is 11.9 Å². The van der Waals surface area contributed by atoms with Crippen molar-refractivity contribution < 1.29 is 18.8 Å². The Balaban J connectivity index is 1.32. The summed E-state index contributed by atoms with van der Waals surface area (Å²) in [4.78, 5) is 34.8. The molecule has 0 bridgehead atoms. The number of carbonyl (C=O) groups excluding carboxylic acids is 2. The molecule has 194 valence electrons. The number of urea groups is 1. The zero-order valence-corrected chi connectivity index (χ0v) is 21.6. The molecule has 2 aromatic carbocycles. The number of benzene rings is 2. The highest BCUT2D eigenvalue weighted by Gasteiger charge is 2.22. The summed E-state index contributed by atoms with van der Waals surface area (Å²) in [7, 11) is 1.64. The maximum absolute atomic E-state index is 13.2. The van der Waals surface area contributed by atoms with Crippen LogP contribution in [0.5, 0.6) is 5.75 Å². The number of hydrogen-bond donors (Lipinski definition) is 3. The number of hydrogen-bond acceptors (Lipinski definition) is 7. The van der Waals surface area contributed by atoms with Gasteiger partial charge in [0.25, 0.3) is 5.91 Å². The molecule has 4 aromatic rings. The van der Waals surface area contributed by atoms with Crippen LogP contribution in [-0.4, -0.2) is 34.2 Å². The Hall–Kier alpha value is -4.73. The average molecular weight is 513 g/mol. The number of nitrogens with one attached hydrogen (secondary N) is 3. The molecule has 0 saturated carbocycles. The van der Waals surface area contributed by atoms with Crippen molar-refractivity contribution in [3.05, 3.63) is 77.1 Å². The first kappa shape index (κ1) is 24.9. The van der Waals surface area contributed by atoms with Gasteiger partial charge in [-0.2, -0.15) is 0 Å². The standard InChI is InChI=1S/C28H28N6O4/c1-28(2,3)22-14-23(38-34-22)31-27(36)30-21-8-6-5-7-20(21)25(35)33-26-29-15-17-10-9-16-13-18(37-4)11-12-19(16)24(17)32-26/h5-8,11-15H,9-10H2,1-4H3,(H2,30,31,36)(H,29,32,33,35). The molecule has 5 rings (SSSR count). The molecule has 0 radical (unpaired) electrons. The lowest BCUT2D eigenvalue weighted by Crippen LogP contribution is -2.22. The zero-order valence-electron chi connectivity index (χ0n) is 21.6. The third-order valence-electron chi connectivity index (χ3n) is 6.26. The third-order valence-corrected chi connectivity index (χ3v) is 6.26. The normalized spacial score (nSPS) is 12.2. The largest absolute Gasteiger partial charge is 0.497 e. The van der Waals surface area contributed by atoms with E-state index in [9.17, 15) is 9.59 Å². The number of ether oxygens (including phenoxy) is 1. The van der Waals surface area contributed by atoms with Gasteiger partial charge >= 0.3 is 6.03 Å². The predicted molar refractivity (Wildman–Crippen MR) is 144 cm³/mol. The van der Waals surface area contributed by atoms with Crippen LogP contribution in [0.25, 0.3) is 11.3 Å². The van der Waals surface area contributed by atoms with Crippen LogP contribution in [0.1, 0.15) is 48.0 Å². The summed E-state index contributed by atoms with van der Waals surface area (Å²) in [6, 6.07) is 13.6. The van der Waals surface area contributed by atoms with Crippen molar-refractivity contribution >= 4 is 29.5 Å². The van der Waals surface area contributed by atoms with Gasteiger partial charge in [0.05, 0.1) is 29.7 Å². The monoisotopic (exact) mass is 512 g/mol. The van der Waals surface area contributed by atoms with Gasteiger partial charge in [0, 0.05) is 23.2 Å². The molecule has 2 aromatic heterocycles. The lowest BCUT2D eigenvalue weighted by molar-refractivity contribution is 0.102. The Morgan fingerprint density at radius 2 is 1.76 bits per heavy atom. The van der Waals surface area contributed by atoms with Gasteiger partial charge < -0.3 is 14.6 Å². The molecule has 10 heteroatoms. The van der Waals surface area contributed by atoms with Crippen LogP contribution in [-0.2, 0) is 18.3 Å². The Morgan fingerprint density at radius 1 is 0.974 bits per heavy atom. The molecule has 10 nitrogen and oxygen atoms in total. The van der Waals surface area contributed by atoms with Crippen molar-refractivity contribution in [3.63, 3.8) is 0 Å². The van der Waals surface area contributed by atoms with Crippen molar-refractivity contribution in [1.82, 2.24) is 15.1 Å². The van der Waals surface area contributed by atoms with Gasteiger partial charge in [0.15, 0.2) is 0 Å². The van der Waals surface area contributed by atoms with Crippen LogP contribution in [0.4, 0.5) is 22.3 Å². The quantitative estimate of drug-likeness (QED) is 0.325. The number of carbonyl (C=O) groups is 2. The maximum atomic E-state index is 13.2. The molecule has 38 heavy (non-hydrogen) atoms. The van der Waals surface area contributed by atoms with Crippen LogP contribution in [0.3, 0.4) is 0 Å². The highest BCUT2D eigenvalue weighted by Crippen LogP contribution is 2.34. The highest BCUT2D eigenvalue weighted by atomic mass is 16.5. The van der Waals surface area contributed by atoms with Gasteiger partial charge in [0.1, 0.15) is 5.75 Å². The van der Waals surface area contributed by atoms with Crippen LogP contribution >= 0.6 is 0 Å². The van der Waals surface area contributed by atoms with Crippen LogP contribution in [0.2, 0.25) is 0 Å². The van der Waals surface area contributed by atoms with Gasteiger partial charge in [-0.1, -0.05) is 38.1 Å². The molecule has 0 atom stereocenters. The molecule has 1 aliphatic rings. The lowest BCUT2D eigenvalue weighted by Gasteiger charge is -2.20. The molecule has 3 N–H and O–H groups in total. The molecule has 0 aliphatic heterocycles. The fraction of sp³-hybridized carbons (Fsp3) is 0.250. The number of aryl methyl sites for hydroxylation is 2. The lowest BCUT2D eigenvalue weighted by atomic mass is 9.90. The number of amides is 3. The highest BCUT2D eigenvalue weighted by molar-refractivity contribution is 6.10. The van der Waals surface area contributed by atoms with Crippen molar-refractivity contribution in [2.75, 3.05) is 23.1 Å². The third kappa shape index (κ3) is 5.19. The number of para-hydroxylation sites is 1. The fourth-order valence-corrected chi connectivity index (χ4v) is 4.20. The second kappa shape index (κ2) is 9.97. The van der Waals surface area contributed by atoms with E-state index in [0.717, 1.165) is 41.0 Å². The van der Waals surface area contributed by atoms with Crippen molar-refractivity contribution in [1.29, 1.82) is 0 Å². The molecule has 1 aliphatic carbocycles. The number of fused-ring (bicyclic) bond motifs is 3. The van der Waals surface area contributed by atoms with Crippen LogP contribution in [0.15, 0.2) is 59.3 Å². The molecule has 0 spiro atoms. The van der Waals surface area contributed by atoms with Gasteiger partial charge in [-0.05, 0) is 54.3 Å². The molecule has 0 saturated heterocycles. The van der Waals surface area contributed by atoms with E-state index in [4.69, 9.17) is 9.26 Å². The minimum absolute atomic E-state index is 0.174. The van der Waals surface area contributed by atoms with E-state index in [1.165, 1.54) is 0 Å². The Morgan fingerprint density at radius 3 is 2.53 bits per heavy atom. The van der Waals surface area contributed by atoms with Crippen LogP contribution in [0, 0.1) is 0 Å². The van der Waals surface area contributed by atoms with E-state index in [-0.39, 0.29) is 22.8 Å². The van der Waals surface area contributed by atoms with Gasteiger partial charge in [-0.25, -0.2) is 14.8 Å². The van der Waals surface area contributed by atoms with E-state index in [1.807, 2.05) is 39.0 Å². The summed E-state index contributed by atoms with van der Waals surface area (Å²) >= 11 is 0. The molecular weight excluding hydrogens is 484 g/mol. The summed E-state index contributed by atoms with van der Waals surface area (Å²) < 4.78 is 10.6. The first-order chi connectivity index (χ1) is 18.2. The Labute approximate surface area is 219 Å². The van der Waals surface area contributed by atoms with Crippen LogP contribution < -0.4 is 20.7 Å². The summed E-state index contributed by atoms with van der Waals surface area (Å²) in [5.41, 5.74) is 4.97. The van der Waals surface area contributed by atoms with Gasteiger partial charge in [0.2, 0.25) is 11.8 Å². The van der Waals surface area contributed by atoms with Crippen molar-refractivity contribution in [2.45, 2.75) is 39.0 Å². The summed E-state index contributed by atoms with van der Waals surface area (Å²) in [5.74, 6) is 0.713. The Bertz CT molecular complexity index is 1520. The number of rotatable bonds is 5. The van der Waals surface area contributed by atoms with E-state index in [2.05, 4.69) is 31.1 Å². The first-order valence-corrected chi connectivity index (χ1v) is 12.2. The number of aromatic nitrogens is 3. The molecular formula is C28H28N6O4. The topological polar surface area (TPSA) is 131 Å². The average Bonchev–Trinajstić information content (AvgIpc) is 3.37. The SMILES string of the molecule is COc1ccc2c(c1)CCc1cnc(NC(=O)c3ccccc3NC(=O)Nc3cc(C(C)(C)C)no3)nc1-2. The Kier molecular flexibility index (Phi) is 6.54. The maximum Gasteiger partial charge on any atom is 0.326 e. The summed E-state index contributed by atoms with van der Waals surface area (Å²) in [6.07, 6.45) is 3.40. The first-order valence-electron chi connectivity index (χ1n) is 12.2. The van der Waals surface area contributed by atoms with Crippen molar-refractivity contribution in [3.8, 4) is 17.0 Å². The van der Waals surface area contributed by atoms with Crippen molar-refractivity contribution in [2.24, 2.45) is 0 Å². The van der Waals surface area contributed by atoms with E-state index in [0.29, 0.717) is 11.4 Å². The predicted octanol–water partition coefficient (Wildman–Crippen LogP) is 5.43. The molecule has 3 amide bonds. The fourth-order valence-electron chi connectivity index (χ4n) is 4.20. The van der Waals surface area contributed by atoms with E-state index >= 15 is 0 Å². The second-order valence-electron chi connectivity index (χ2n) is 10.00. The number of methoxy groups -OCH3 is 1. The van der Waals surface area contributed by atoms with E-state index in [1.54, 1.807) is 43.6 Å². The minimum Gasteiger partial charge on any atom is -0.497 e. The summed E-state index contributed by atoms with van der Waals surface area (Å²) in [6.45, 7) is 5.98. The molecule has 2 heterocycles. The number of nitrogens with zero attached hydrogens (tertiary/aromatic N) is 3. The molecule has 0 unspecified atom stereocenters.